The summed E-state index contributed by atoms with van der Waals surface area (Å²) in [4.78, 5) is 6.80. The predicted octanol–water partition coefficient (Wildman–Crippen LogP) is 1.05. The van der Waals surface area contributed by atoms with E-state index in [1.807, 2.05) is 7.05 Å². The van der Waals surface area contributed by atoms with Crippen molar-refractivity contribution in [1.29, 1.82) is 0 Å². The van der Waals surface area contributed by atoms with E-state index in [0.717, 1.165) is 37.6 Å². The Morgan fingerprint density at radius 1 is 1.24 bits per heavy atom. The molecule has 0 aromatic rings. The van der Waals surface area contributed by atoms with Crippen molar-refractivity contribution in [1.82, 2.24) is 15.5 Å². The zero-order valence-corrected chi connectivity index (χ0v) is 11.2. The summed E-state index contributed by atoms with van der Waals surface area (Å²) in [7, 11) is 1.85. The number of hydrogen-bond donors (Lipinski definition) is 2. The molecule has 0 aliphatic heterocycles. The Balaban J connectivity index is 1.57. The first-order valence-corrected chi connectivity index (χ1v) is 7.02. The number of rotatable bonds is 7. The number of hydrogen-bond acceptors (Lipinski definition) is 2. The van der Waals surface area contributed by atoms with Gasteiger partial charge in [0.1, 0.15) is 0 Å². The van der Waals surface area contributed by atoms with Gasteiger partial charge in [-0.15, -0.1) is 0 Å². The van der Waals surface area contributed by atoms with Crippen molar-refractivity contribution in [2.24, 2.45) is 10.9 Å². The quantitative estimate of drug-likeness (QED) is 0.514. The normalized spacial score (nSPS) is 20.8. The molecule has 0 aromatic heterocycles. The molecule has 0 aromatic carbocycles. The highest BCUT2D eigenvalue weighted by Gasteiger charge is 2.27. The van der Waals surface area contributed by atoms with E-state index in [1.165, 1.54) is 32.2 Å². The van der Waals surface area contributed by atoms with Gasteiger partial charge in [-0.3, -0.25) is 9.89 Å². The summed E-state index contributed by atoms with van der Waals surface area (Å²) in [5, 5.41) is 6.79. The lowest BCUT2D eigenvalue weighted by Gasteiger charge is -2.20. The van der Waals surface area contributed by atoms with E-state index < -0.39 is 0 Å². The molecule has 2 fully saturated rings. The molecule has 0 bridgehead atoms. The average molecular weight is 238 g/mol. The summed E-state index contributed by atoms with van der Waals surface area (Å²) >= 11 is 0. The van der Waals surface area contributed by atoms with Gasteiger partial charge >= 0.3 is 0 Å². The van der Waals surface area contributed by atoms with Crippen molar-refractivity contribution < 1.29 is 0 Å². The van der Waals surface area contributed by atoms with Gasteiger partial charge < -0.3 is 10.6 Å². The first-order valence-electron chi connectivity index (χ1n) is 7.02. The van der Waals surface area contributed by atoms with Gasteiger partial charge in [-0.05, 0) is 38.1 Å². The third kappa shape index (κ3) is 4.54. The molecule has 98 valence electrons. The number of guanidine groups is 1. The minimum Gasteiger partial charge on any atom is -0.356 e. The highest BCUT2D eigenvalue weighted by atomic mass is 15.2. The molecule has 2 rings (SSSR count). The first-order chi connectivity index (χ1) is 8.33. The molecule has 4 nitrogen and oxygen atoms in total. The van der Waals surface area contributed by atoms with Crippen LogP contribution in [0.2, 0.25) is 0 Å². The Labute approximate surface area is 105 Å². The van der Waals surface area contributed by atoms with Crippen LogP contribution in [0.5, 0.6) is 0 Å². The van der Waals surface area contributed by atoms with Crippen LogP contribution in [0.25, 0.3) is 0 Å². The molecular formula is C13H26N4. The standard InChI is InChI=1S/C13H26N4/c1-3-17(12-6-7-12)9-8-15-13(14-2)16-10-11-4-5-11/h11-12H,3-10H2,1-2H3,(H2,14,15,16). The van der Waals surface area contributed by atoms with Gasteiger partial charge in [0.15, 0.2) is 5.96 Å². The van der Waals surface area contributed by atoms with Crippen molar-refractivity contribution in [2.75, 3.05) is 33.2 Å². The van der Waals surface area contributed by atoms with Gasteiger partial charge in [-0.25, -0.2) is 0 Å². The summed E-state index contributed by atoms with van der Waals surface area (Å²) < 4.78 is 0. The summed E-state index contributed by atoms with van der Waals surface area (Å²) in [5.41, 5.74) is 0. The second kappa shape index (κ2) is 6.24. The smallest absolute Gasteiger partial charge is 0.191 e. The molecule has 2 N–H and O–H groups in total. The third-order valence-corrected chi connectivity index (χ3v) is 3.64. The molecule has 0 atom stereocenters. The molecule has 0 saturated heterocycles. The lowest BCUT2D eigenvalue weighted by molar-refractivity contribution is 0.282. The average Bonchev–Trinajstić information content (AvgIpc) is 3.20. The van der Waals surface area contributed by atoms with E-state index in [2.05, 4.69) is 27.4 Å². The Kier molecular flexibility index (Phi) is 4.66. The molecular weight excluding hydrogens is 212 g/mol. The van der Waals surface area contributed by atoms with Crippen molar-refractivity contribution >= 4 is 5.96 Å². The van der Waals surface area contributed by atoms with Crippen molar-refractivity contribution in [3.63, 3.8) is 0 Å². The zero-order valence-electron chi connectivity index (χ0n) is 11.2. The molecule has 0 spiro atoms. The van der Waals surface area contributed by atoms with Crippen LogP contribution in [-0.4, -0.2) is 50.1 Å². The van der Waals surface area contributed by atoms with E-state index in [-0.39, 0.29) is 0 Å². The molecule has 0 unspecified atom stereocenters. The number of likely N-dealkylation sites (N-methyl/N-ethyl adjacent to an activating group) is 1. The molecule has 4 heteroatoms. The lowest BCUT2D eigenvalue weighted by Crippen LogP contribution is -2.42. The Morgan fingerprint density at radius 3 is 2.53 bits per heavy atom. The maximum Gasteiger partial charge on any atom is 0.191 e. The number of nitrogens with zero attached hydrogens (tertiary/aromatic N) is 2. The van der Waals surface area contributed by atoms with Crippen molar-refractivity contribution in [3.8, 4) is 0 Å². The van der Waals surface area contributed by atoms with Crippen LogP contribution in [0.1, 0.15) is 32.6 Å². The van der Waals surface area contributed by atoms with E-state index in [9.17, 15) is 0 Å². The van der Waals surface area contributed by atoms with E-state index in [1.54, 1.807) is 0 Å². The van der Waals surface area contributed by atoms with Gasteiger partial charge in [0.25, 0.3) is 0 Å². The summed E-state index contributed by atoms with van der Waals surface area (Å²) in [6.45, 7) is 6.62. The Hall–Kier alpha value is -0.770. The van der Waals surface area contributed by atoms with Crippen LogP contribution in [0.4, 0.5) is 0 Å². The Morgan fingerprint density at radius 2 is 2.00 bits per heavy atom. The molecule has 2 aliphatic rings. The molecule has 17 heavy (non-hydrogen) atoms. The van der Waals surface area contributed by atoms with Crippen LogP contribution in [-0.2, 0) is 0 Å². The zero-order chi connectivity index (χ0) is 12.1. The lowest BCUT2D eigenvalue weighted by atomic mass is 10.4. The van der Waals surface area contributed by atoms with Crippen LogP contribution in [0.15, 0.2) is 4.99 Å². The first kappa shape index (κ1) is 12.7. The molecule has 0 heterocycles. The highest BCUT2D eigenvalue weighted by molar-refractivity contribution is 5.79. The number of aliphatic imine (C=N–C) groups is 1. The monoisotopic (exact) mass is 238 g/mol. The summed E-state index contributed by atoms with van der Waals surface area (Å²) in [5.74, 6) is 1.86. The fourth-order valence-electron chi connectivity index (χ4n) is 2.14. The molecule has 0 radical (unpaired) electrons. The largest absolute Gasteiger partial charge is 0.356 e. The van der Waals surface area contributed by atoms with E-state index >= 15 is 0 Å². The van der Waals surface area contributed by atoms with Crippen molar-refractivity contribution in [2.45, 2.75) is 38.6 Å². The topological polar surface area (TPSA) is 39.7 Å². The summed E-state index contributed by atoms with van der Waals surface area (Å²) in [6.07, 6.45) is 5.55. The van der Waals surface area contributed by atoms with Gasteiger partial charge in [-0.1, -0.05) is 6.92 Å². The van der Waals surface area contributed by atoms with Gasteiger partial charge in [0.2, 0.25) is 0 Å². The Bertz CT molecular complexity index is 256. The van der Waals surface area contributed by atoms with Gasteiger partial charge in [-0.2, -0.15) is 0 Å². The predicted molar refractivity (Wildman–Crippen MR) is 72.4 cm³/mol. The van der Waals surface area contributed by atoms with Gasteiger partial charge in [0.05, 0.1) is 0 Å². The minimum absolute atomic E-state index is 0.864. The highest BCUT2D eigenvalue weighted by Crippen LogP contribution is 2.27. The SMILES string of the molecule is CCN(CCNC(=NC)NCC1CC1)C1CC1. The van der Waals surface area contributed by atoms with Gasteiger partial charge in [0, 0.05) is 32.7 Å². The van der Waals surface area contributed by atoms with Crippen molar-refractivity contribution in [3.05, 3.63) is 0 Å². The van der Waals surface area contributed by atoms with Crippen LogP contribution < -0.4 is 10.6 Å². The minimum atomic E-state index is 0.864. The van der Waals surface area contributed by atoms with E-state index in [0.29, 0.717) is 0 Å². The fourth-order valence-corrected chi connectivity index (χ4v) is 2.14. The second-order valence-corrected chi connectivity index (χ2v) is 5.18. The maximum atomic E-state index is 4.25. The van der Waals surface area contributed by atoms with E-state index in [4.69, 9.17) is 0 Å². The molecule has 2 aliphatic carbocycles. The fraction of sp³-hybridized carbons (Fsp3) is 0.923. The van der Waals surface area contributed by atoms with Crippen LogP contribution >= 0.6 is 0 Å². The third-order valence-electron chi connectivity index (χ3n) is 3.64. The number of nitrogens with one attached hydrogen (secondary N) is 2. The van der Waals surface area contributed by atoms with Crippen LogP contribution in [0, 0.1) is 5.92 Å². The maximum absolute atomic E-state index is 4.25. The second-order valence-electron chi connectivity index (χ2n) is 5.18. The molecule has 0 amide bonds. The summed E-state index contributed by atoms with van der Waals surface area (Å²) in [6, 6.07) is 0.864. The van der Waals surface area contributed by atoms with Crippen LogP contribution in [0.3, 0.4) is 0 Å². The molecule has 2 saturated carbocycles.